The smallest absolute Gasteiger partial charge is 0.318 e. The van der Waals surface area contributed by atoms with Crippen LogP contribution in [0.5, 0.6) is 0 Å². The third kappa shape index (κ3) is 4.50. The van der Waals surface area contributed by atoms with Crippen LogP contribution in [0.4, 0.5) is 4.79 Å². The first kappa shape index (κ1) is 16.9. The number of carbonyl (C=O) groups excluding carboxylic acids is 1. The van der Waals surface area contributed by atoms with E-state index in [2.05, 4.69) is 19.2 Å². The highest BCUT2D eigenvalue weighted by Crippen LogP contribution is 2.29. The largest absolute Gasteiger partial charge is 0.467 e. The van der Waals surface area contributed by atoms with Gasteiger partial charge in [-0.2, -0.15) is 0 Å². The van der Waals surface area contributed by atoms with Crippen LogP contribution >= 0.6 is 0 Å². The maximum atomic E-state index is 12.6. The van der Waals surface area contributed by atoms with Gasteiger partial charge in [0.1, 0.15) is 5.76 Å². The van der Waals surface area contributed by atoms with Crippen molar-refractivity contribution in [2.24, 2.45) is 11.8 Å². The number of urea groups is 1. The molecule has 2 amide bonds. The van der Waals surface area contributed by atoms with Crippen molar-refractivity contribution in [3.8, 4) is 0 Å². The van der Waals surface area contributed by atoms with Crippen molar-refractivity contribution >= 4 is 6.03 Å². The molecule has 1 heterocycles. The van der Waals surface area contributed by atoms with E-state index in [0.29, 0.717) is 31.5 Å². The third-order valence-electron chi connectivity index (χ3n) is 4.80. The zero-order valence-corrected chi connectivity index (χ0v) is 13.9. The summed E-state index contributed by atoms with van der Waals surface area (Å²) in [6, 6.07) is 3.96. The topological polar surface area (TPSA) is 54.7 Å². The standard InChI is InChI=1S/C17H28N2O3/c1-13-6-4-8-16(14(13)2)18-17(20)19(9-11-21-3)12-15-7-5-10-22-15/h5,7,10,13-14,16H,4,6,8-9,11-12H2,1-3H3,(H,18,20). The summed E-state index contributed by atoms with van der Waals surface area (Å²) in [5, 5.41) is 3.21. The Morgan fingerprint density at radius 3 is 2.95 bits per heavy atom. The normalized spacial score (nSPS) is 25.0. The SMILES string of the molecule is COCCN(Cc1ccco1)C(=O)NC1CCCC(C)C1C. The summed E-state index contributed by atoms with van der Waals surface area (Å²) in [7, 11) is 1.65. The zero-order chi connectivity index (χ0) is 15.9. The minimum atomic E-state index is -0.0283. The Balaban J connectivity index is 1.95. The molecule has 5 heteroatoms. The molecule has 0 saturated heterocycles. The molecule has 0 bridgehead atoms. The fourth-order valence-electron chi connectivity index (χ4n) is 3.08. The first-order chi connectivity index (χ1) is 10.6. The summed E-state index contributed by atoms with van der Waals surface area (Å²) < 4.78 is 10.5. The quantitative estimate of drug-likeness (QED) is 0.877. The van der Waals surface area contributed by atoms with Crippen LogP contribution in [0.25, 0.3) is 0 Å². The minimum Gasteiger partial charge on any atom is -0.467 e. The van der Waals surface area contributed by atoms with Crippen molar-refractivity contribution in [3.05, 3.63) is 24.2 Å². The van der Waals surface area contributed by atoms with E-state index in [-0.39, 0.29) is 12.1 Å². The first-order valence-electron chi connectivity index (χ1n) is 8.18. The second-order valence-corrected chi connectivity index (χ2v) is 6.32. The van der Waals surface area contributed by atoms with Crippen molar-refractivity contribution < 1.29 is 13.9 Å². The number of carbonyl (C=O) groups is 1. The van der Waals surface area contributed by atoms with Crippen molar-refractivity contribution in [1.29, 1.82) is 0 Å². The molecule has 1 aliphatic rings. The molecule has 1 N–H and O–H groups in total. The number of nitrogens with zero attached hydrogens (tertiary/aromatic N) is 1. The maximum Gasteiger partial charge on any atom is 0.318 e. The fraction of sp³-hybridized carbons (Fsp3) is 0.706. The predicted molar refractivity (Wildman–Crippen MR) is 85.5 cm³/mol. The van der Waals surface area contributed by atoms with Gasteiger partial charge in [0, 0.05) is 19.7 Å². The average Bonchev–Trinajstić information content (AvgIpc) is 3.01. The second-order valence-electron chi connectivity index (χ2n) is 6.32. The van der Waals surface area contributed by atoms with Gasteiger partial charge in [-0.25, -0.2) is 4.79 Å². The molecular formula is C17H28N2O3. The van der Waals surface area contributed by atoms with Crippen LogP contribution in [0.2, 0.25) is 0 Å². The molecule has 0 aromatic carbocycles. The molecule has 0 spiro atoms. The number of furan rings is 1. The molecule has 1 aliphatic carbocycles. The Morgan fingerprint density at radius 2 is 2.27 bits per heavy atom. The van der Waals surface area contributed by atoms with Crippen LogP contribution in [0.3, 0.4) is 0 Å². The molecule has 3 unspecified atom stereocenters. The Bertz CT molecular complexity index is 447. The van der Waals surface area contributed by atoms with Crippen molar-refractivity contribution in [3.63, 3.8) is 0 Å². The number of methoxy groups -OCH3 is 1. The van der Waals surface area contributed by atoms with Gasteiger partial charge in [-0.05, 0) is 30.4 Å². The van der Waals surface area contributed by atoms with E-state index in [9.17, 15) is 4.79 Å². The Hall–Kier alpha value is -1.49. The third-order valence-corrected chi connectivity index (χ3v) is 4.80. The number of hydrogen-bond donors (Lipinski definition) is 1. The Labute approximate surface area is 133 Å². The summed E-state index contributed by atoms with van der Waals surface area (Å²) in [5.74, 6) is 1.97. The number of rotatable bonds is 6. The highest BCUT2D eigenvalue weighted by atomic mass is 16.5. The average molecular weight is 308 g/mol. The summed E-state index contributed by atoms with van der Waals surface area (Å²) in [6.45, 7) is 6.05. The molecule has 124 valence electrons. The van der Waals surface area contributed by atoms with E-state index >= 15 is 0 Å². The van der Waals surface area contributed by atoms with Gasteiger partial charge in [0.05, 0.1) is 19.4 Å². The number of ether oxygens (including phenoxy) is 1. The Kier molecular flexibility index (Phi) is 6.31. The van der Waals surface area contributed by atoms with Crippen molar-refractivity contribution in [1.82, 2.24) is 10.2 Å². The summed E-state index contributed by atoms with van der Waals surface area (Å²) >= 11 is 0. The van der Waals surface area contributed by atoms with E-state index in [1.165, 1.54) is 12.8 Å². The van der Waals surface area contributed by atoms with Gasteiger partial charge in [0.2, 0.25) is 0 Å². The van der Waals surface area contributed by atoms with E-state index in [4.69, 9.17) is 9.15 Å². The van der Waals surface area contributed by atoms with Gasteiger partial charge in [-0.15, -0.1) is 0 Å². The molecule has 0 radical (unpaired) electrons. The van der Waals surface area contributed by atoms with E-state index in [1.807, 2.05) is 12.1 Å². The number of amides is 2. The maximum absolute atomic E-state index is 12.6. The molecule has 0 aliphatic heterocycles. The van der Waals surface area contributed by atoms with E-state index < -0.39 is 0 Å². The highest BCUT2D eigenvalue weighted by molar-refractivity contribution is 5.74. The monoisotopic (exact) mass is 308 g/mol. The lowest BCUT2D eigenvalue weighted by atomic mass is 9.78. The Morgan fingerprint density at radius 1 is 1.45 bits per heavy atom. The van der Waals surface area contributed by atoms with Crippen LogP contribution in [-0.4, -0.2) is 37.2 Å². The van der Waals surface area contributed by atoms with Crippen LogP contribution < -0.4 is 5.32 Å². The van der Waals surface area contributed by atoms with Crippen LogP contribution in [0.15, 0.2) is 22.8 Å². The molecule has 2 rings (SSSR count). The van der Waals surface area contributed by atoms with Crippen molar-refractivity contribution in [2.75, 3.05) is 20.3 Å². The highest BCUT2D eigenvalue weighted by Gasteiger charge is 2.29. The molecule has 22 heavy (non-hydrogen) atoms. The number of hydrogen-bond acceptors (Lipinski definition) is 3. The van der Waals surface area contributed by atoms with Crippen molar-refractivity contribution in [2.45, 2.75) is 45.7 Å². The molecule has 5 nitrogen and oxygen atoms in total. The molecular weight excluding hydrogens is 280 g/mol. The van der Waals surface area contributed by atoms with Gasteiger partial charge in [0.25, 0.3) is 0 Å². The number of nitrogens with one attached hydrogen (secondary N) is 1. The van der Waals surface area contributed by atoms with Crippen LogP contribution in [0.1, 0.15) is 38.9 Å². The second kappa shape index (κ2) is 8.22. The molecule has 1 aromatic rings. The molecule has 1 aromatic heterocycles. The van der Waals surface area contributed by atoms with Gasteiger partial charge in [0.15, 0.2) is 0 Å². The molecule has 1 saturated carbocycles. The lowest BCUT2D eigenvalue weighted by molar-refractivity contribution is 0.133. The molecule has 3 atom stereocenters. The van der Waals surface area contributed by atoms with Crippen LogP contribution in [-0.2, 0) is 11.3 Å². The fourth-order valence-corrected chi connectivity index (χ4v) is 3.08. The first-order valence-corrected chi connectivity index (χ1v) is 8.18. The van der Waals surface area contributed by atoms with E-state index in [0.717, 1.165) is 12.2 Å². The predicted octanol–water partition coefficient (Wildman–Crippen LogP) is 3.26. The van der Waals surface area contributed by atoms with E-state index in [1.54, 1.807) is 18.3 Å². The van der Waals surface area contributed by atoms with Gasteiger partial charge in [-0.3, -0.25) is 0 Å². The zero-order valence-electron chi connectivity index (χ0n) is 13.9. The summed E-state index contributed by atoms with van der Waals surface area (Å²) in [4.78, 5) is 14.4. The lowest BCUT2D eigenvalue weighted by Crippen LogP contribution is -2.49. The summed E-state index contributed by atoms with van der Waals surface area (Å²) in [5.41, 5.74) is 0. The molecule has 1 fully saturated rings. The van der Waals surface area contributed by atoms with Gasteiger partial charge < -0.3 is 19.4 Å². The van der Waals surface area contributed by atoms with Gasteiger partial charge >= 0.3 is 6.03 Å². The lowest BCUT2D eigenvalue weighted by Gasteiger charge is -2.36. The minimum absolute atomic E-state index is 0.0283. The summed E-state index contributed by atoms with van der Waals surface area (Å²) in [6.07, 6.45) is 5.14. The van der Waals surface area contributed by atoms with Crippen LogP contribution in [0, 0.1) is 11.8 Å². The van der Waals surface area contributed by atoms with Gasteiger partial charge in [-0.1, -0.05) is 26.7 Å².